The highest BCUT2D eigenvalue weighted by molar-refractivity contribution is 8.00. The molecule has 0 saturated heterocycles. The molecule has 1 aromatic heterocycles. The lowest BCUT2D eigenvalue weighted by molar-refractivity contribution is -0.116. The van der Waals surface area contributed by atoms with Crippen LogP contribution in [0.15, 0.2) is 144 Å². The van der Waals surface area contributed by atoms with E-state index in [1.54, 1.807) is 67.0 Å². The lowest BCUT2D eigenvalue weighted by Crippen LogP contribution is -2.30. The minimum Gasteiger partial charge on any atom is -0.494 e. The first-order valence-electron chi connectivity index (χ1n) is 14.6. The summed E-state index contributed by atoms with van der Waals surface area (Å²) in [7, 11) is 0. The van der Waals surface area contributed by atoms with E-state index in [1.807, 2.05) is 79.7 Å². The summed E-state index contributed by atoms with van der Waals surface area (Å²) in [6.07, 6.45) is 4.80. The van der Waals surface area contributed by atoms with Crippen LogP contribution in [0.2, 0.25) is 0 Å². The zero-order chi connectivity index (χ0) is 32.1. The zero-order valence-electron chi connectivity index (χ0n) is 25.1. The molecule has 1 heterocycles. The van der Waals surface area contributed by atoms with Gasteiger partial charge in [-0.15, -0.1) is 11.8 Å². The van der Waals surface area contributed by atoms with E-state index in [1.165, 1.54) is 11.8 Å². The van der Waals surface area contributed by atoms with E-state index in [4.69, 9.17) is 4.74 Å². The number of amides is 3. The molecule has 0 fully saturated rings. The van der Waals surface area contributed by atoms with Crippen LogP contribution < -0.4 is 20.7 Å². The summed E-state index contributed by atoms with van der Waals surface area (Å²) in [5.41, 5.74) is 3.19. The molecule has 8 nitrogen and oxygen atoms in total. The molecule has 3 N–H and O–H groups in total. The Morgan fingerprint density at radius 3 is 2.09 bits per heavy atom. The predicted molar refractivity (Wildman–Crippen MR) is 182 cm³/mol. The maximum atomic E-state index is 13.5. The molecule has 3 amide bonds. The summed E-state index contributed by atoms with van der Waals surface area (Å²) in [6.45, 7) is 2.48. The number of anilines is 2. The maximum absolute atomic E-state index is 13.5. The normalized spacial score (nSPS) is 11.6. The molecule has 0 aliphatic heterocycles. The molecule has 9 heteroatoms. The van der Waals surface area contributed by atoms with Crippen LogP contribution in [0.25, 0.3) is 6.08 Å². The largest absolute Gasteiger partial charge is 0.494 e. The van der Waals surface area contributed by atoms with Gasteiger partial charge >= 0.3 is 0 Å². The Labute approximate surface area is 271 Å². The van der Waals surface area contributed by atoms with Crippen molar-refractivity contribution in [3.8, 4) is 5.75 Å². The fraction of sp³-hybridized carbons (Fsp3) is 0.0811. The Balaban J connectivity index is 1.30. The predicted octanol–water partition coefficient (Wildman–Crippen LogP) is 7.36. The van der Waals surface area contributed by atoms with E-state index in [0.717, 1.165) is 16.2 Å². The first-order chi connectivity index (χ1) is 22.5. The fourth-order valence-corrected chi connectivity index (χ4v) is 5.46. The van der Waals surface area contributed by atoms with Crippen LogP contribution in [-0.2, 0) is 9.59 Å². The number of pyridine rings is 1. The Morgan fingerprint density at radius 1 is 0.783 bits per heavy atom. The summed E-state index contributed by atoms with van der Waals surface area (Å²) in [4.78, 5) is 44.7. The molecule has 0 spiro atoms. The summed E-state index contributed by atoms with van der Waals surface area (Å²) >= 11 is 1.40. The van der Waals surface area contributed by atoms with Gasteiger partial charge < -0.3 is 20.7 Å². The van der Waals surface area contributed by atoms with E-state index >= 15 is 0 Å². The monoisotopic (exact) mass is 628 g/mol. The van der Waals surface area contributed by atoms with Gasteiger partial charge in [0.2, 0.25) is 5.91 Å². The average molecular weight is 629 g/mol. The lowest BCUT2D eigenvalue weighted by atomic mass is 10.1. The Hall–Kier alpha value is -5.67. The summed E-state index contributed by atoms with van der Waals surface area (Å²) in [5.74, 6) is -0.337. The van der Waals surface area contributed by atoms with E-state index in [0.29, 0.717) is 29.1 Å². The summed E-state index contributed by atoms with van der Waals surface area (Å²) in [5, 5.41) is 8.06. The maximum Gasteiger partial charge on any atom is 0.272 e. The van der Waals surface area contributed by atoms with Gasteiger partial charge in [0.1, 0.15) is 16.7 Å². The van der Waals surface area contributed by atoms with Crippen LogP contribution in [0.3, 0.4) is 0 Å². The summed E-state index contributed by atoms with van der Waals surface area (Å²) in [6, 6.07) is 36.2. The van der Waals surface area contributed by atoms with Crippen molar-refractivity contribution in [1.29, 1.82) is 0 Å². The number of carbonyl (C=O) groups excluding carboxylic acids is 3. The molecule has 5 aromatic rings. The molecular weight excluding hydrogens is 596 g/mol. The number of carbonyl (C=O) groups is 3. The fourth-order valence-electron chi connectivity index (χ4n) is 4.43. The third-order valence-electron chi connectivity index (χ3n) is 6.66. The molecule has 0 saturated carbocycles. The molecule has 1 atom stereocenters. The minimum atomic E-state index is -0.532. The van der Waals surface area contributed by atoms with Crippen LogP contribution >= 0.6 is 11.8 Å². The van der Waals surface area contributed by atoms with E-state index < -0.39 is 17.1 Å². The topological polar surface area (TPSA) is 109 Å². The number of thioether (sulfide) groups is 1. The number of hydrogen-bond donors (Lipinski definition) is 3. The third kappa shape index (κ3) is 8.93. The van der Waals surface area contributed by atoms with Gasteiger partial charge in [-0.1, -0.05) is 54.6 Å². The number of benzene rings is 4. The zero-order valence-corrected chi connectivity index (χ0v) is 25.9. The average Bonchev–Trinajstić information content (AvgIpc) is 3.09. The highest BCUT2D eigenvalue weighted by atomic mass is 32.2. The van der Waals surface area contributed by atoms with Gasteiger partial charge in [-0.05, 0) is 90.9 Å². The number of hydrogen-bond acceptors (Lipinski definition) is 6. The number of aromatic nitrogens is 1. The van der Waals surface area contributed by atoms with Crippen LogP contribution in [0.5, 0.6) is 5.75 Å². The third-order valence-corrected chi connectivity index (χ3v) is 7.93. The van der Waals surface area contributed by atoms with Crippen molar-refractivity contribution >= 4 is 46.9 Å². The van der Waals surface area contributed by atoms with Crippen LogP contribution in [0, 0.1) is 0 Å². The highest BCUT2D eigenvalue weighted by Gasteiger charge is 2.22. The Morgan fingerprint density at radius 2 is 1.43 bits per heavy atom. The molecule has 46 heavy (non-hydrogen) atoms. The van der Waals surface area contributed by atoms with Crippen molar-refractivity contribution in [2.75, 3.05) is 17.2 Å². The molecule has 4 aromatic carbocycles. The van der Waals surface area contributed by atoms with Crippen LogP contribution in [-0.4, -0.2) is 29.3 Å². The number of nitrogens with one attached hydrogen (secondary N) is 3. The van der Waals surface area contributed by atoms with Gasteiger partial charge in [-0.25, -0.2) is 0 Å². The Bertz CT molecular complexity index is 1780. The number of rotatable bonds is 12. The van der Waals surface area contributed by atoms with Crippen LogP contribution in [0.4, 0.5) is 11.4 Å². The number of nitrogens with zero attached hydrogens (tertiary/aromatic N) is 1. The molecule has 0 aliphatic rings. The van der Waals surface area contributed by atoms with Crippen molar-refractivity contribution in [3.05, 3.63) is 156 Å². The second kappa shape index (κ2) is 15.9. The standard InChI is InChI=1S/C37H32N4O4S/c1-2-45-31-19-15-29(16-20-31)40-37(44)34(27-11-5-3-6-12-27)46-32-21-17-30(18-22-32)39-36(43)33(24-26-10-9-23-38-25-26)41-35(42)28-13-7-4-8-14-28/h3-25,34H,2H2,1H3,(H,39,43)(H,40,44)(H,41,42)/b33-24-. The molecule has 5 rings (SSSR count). The molecule has 1 unspecified atom stereocenters. The smallest absolute Gasteiger partial charge is 0.272 e. The quantitative estimate of drug-likeness (QED) is 0.0984. The van der Waals surface area contributed by atoms with Gasteiger partial charge in [0.15, 0.2) is 0 Å². The first-order valence-corrected chi connectivity index (χ1v) is 15.5. The second-order valence-corrected chi connectivity index (χ2v) is 11.2. The van der Waals surface area contributed by atoms with E-state index in [9.17, 15) is 14.4 Å². The van der Waals surface area contributed by atoms with E-state index in [-0.39, 0.29) is 11.6 Å². The van der Waals surface area contributed by atoms with Gasteiger partial charge in [-0.2, -0.15) is 0 Å². The van der Waals surface area contributed by atoms with Crippen molar-refractivity contribution in [1.82, 2.24) is 10.3 Å². The minimum absolute atomic E-state index is 0.0652. The number of ether oxygens (including phenoxy) is 1. The SMILES string of the molecule is CCOc1ccc(NC(=O)C(Sc2ccc(NC(=O)/C(=C/c3cccnc3)NC(=O)c3ccccc3)cc2)c2ccccc2)cc1. The Kier molecular flexibility index (Phi) is 11.0. The molecule has 230 valence electrons. The van der Waals surface area contributed by atoms with Crippen molar-refractivity contribution in [2.45, 2.75) is 17.1 Å². The van der Waals surface area contributed by atoms with Crippen molar-refractivity contribution < 1.29 is 19.1 Å². The molecular formula is C37H32N4O4S. The van der Waals surface area contributed by atoms with Crippen molar-refractivity contribution in [2.24, 2.45) is 0 Å². The van der Waals surface area contributed by atoms with E-state index in [2.05, 4.69) is 20.9 Å². The van der Waals surface area contributed by atoms with Gasteiger partial charge in [0.05, 0.1) is 6.61 Å². The van der Waals surface area contributed by atoms with Crippen molar-refractivity contribution in [3.63, 3.8) is 0 Å². The van der Waals surface area contributed by atoms with Gasteiger partial charge in [-0.3, -0.25) is 19.4 Å². The van der Waals surface area contributed by atoms with Gasteiger partial charge in [0, 0.05) is 34.2 Å². The lowest BCUT2D eigenvalue weighted by Gasteiger charge is -2.18. The van der Waals surface area contributed by atoms with Crippen LogP contribution in [0.1, 0.15) is 33.7 Å². The molecule has 0 aliphatic carbocycles. The highest BCUT2D eigenvalue weighted by Crippen LogP contribution is 2.37. The first kappa shape index (κ1) is 31.7. The second-order valence-electron chi connectivity index (χ2n) is 10.00. The molecule has 0 radical (unpaired) electrons. The summed E-state index contributed by atoms with van der Waals surface area (Å²) < 4.78 is 5.50. The van der Waals surface area contributed by atoms with Gasteiger partial charge in [0.25, 0.3) is 11.8 Å². The molecule has 0 bridgehead atoms.